The van der Waals surface area contributed by atoms with E-state index >= 15 is 0 Å². The van der Waals surface area contributed by atoms with Crippen LogP contribution in [0.25, 0.3) is 104 Å². The number of hydrogen-bond acceptors (Lipinski definition) is 4. The zero-order valence-corrected chi connectivity index (χ0v) is 36.8. The lowest BCUT2D eigenvalue weighted by molar-refractivity contribution is 0.927. The van der Waals surface area contributed by atoms with Crippen molar-refractivity contribution >= 4 is 53.3 Å². The quantitative estimate of drug-likeness (QED) is 0.153. The molecule has 0 spiro atoms. The molecule has 0 aliphatic heterocycles. The zero-order chi connectivity index (χ0) is 43.4. The Morgan fingerprint density at radius 3 is 1.78 bits per heavy atom. The first-order valence-corrected chi connectivity index (χ1v) is 23.0. The van der Waals surface area contributed by atoms with Crippen LogP contribution >= 0.6 is 11.3 Å². The van der Waals surface area contributed by atoms with Crippen LogP contribution in [0.4, 0.5) is 0 Å². The second-order valence-electron chi connectivity index (χ2n) is 16.8. The van der Waals surface area contributed by atoms with Crippen molar-refractivity contribution < 1.29 is 0 Å². The topological polar surface area (TPSA) is 43.6 Å². The molecule has 12 aromatic rings. The van der Waals surface area contributed by atoms with Crippen LogP contribution in [0, 0.1) is 6.92 Å². The molecule has 0 saturated heterocycles. The van der Waals surface area contributed by atoms with E-state index in [2.05, 4.69) is 194 Å². The van der Waals surface area contributed by atoms with Crippen molar-refractivity contribution in [3.8, 4) is 62.1 Å². The van der Waals surface area contributed by atoms with Crippen LogP contribution in [-0.2, 0) is 0 Å². The Balaban J connectivity index is 0.923. The Morgan fingerprint density at radius 2 is 1.02 bits per heavy atom. The molecule has 5 heteroatoms. The van der Waals surface area contributed by atoms with Gasteiger partial charge >= 0.3 is 0 Å². The molecule has 9 aromatic carbocycles. The summed E-state index contributed by atoms with van der Waals surface area (Å²) in [6.07, 6.45) is 0. The summed E-state index contributed by atoms with van der Waals surface area (Å²) in [4.78, 5) is 15.1. The standard InChI is InChI=1S/C60H42N4S/c1-38-29-30-43(44-31-33-55-52(37-44)48-25-14-15-28-54(48)64(55)45-21-10-5-11-22-45)36-51(38)47-24-13-12-23-46(47)39(2)42-32-34-56-53(35-42)49-26-16-27-50(57(49)65-56)60-62-58(40-17-6-3-7-18-40)61-59(63-60)41-19-8-4-9-20-41/h3-37,39H,1-2H3/t39-/m1/s1. The summed E-state index contributed by atoms with van der Waals surface area (Å²) in [5.74, 6) is 2.14. The second-order valence-corrected chi connectivity index (χ2v) is 17.9. The van der Waals surface area contributed by atoms with Gasteiger partial charge in [-0.2, -0.15) is 0 Å². The molecule has 0 amide bonds. The summed E-state index contributed by atoms with van der Waals surface area (Å²) in [7, 11) is 0. The van der Waals surface area contributed by atoms with Crippen LogP contribution in [0.15, 0.2) is 212 Å². The maximum Gasteiger partial charge on any atom is 0.165 e. The second kappa shape index (κ2) is 16.0. The van der Waals surface area contributed by atoms with E-state index in [9.17, 15) is 0 Å². The molecular formula is C60H42N4S. The van der Waals surface area contributed by atoms with Crippen molar-refractivity contribution in [3.05, 3.63) is 229 Å². The molecule has 308 valence electrons. The highest BCUT2D eigenvalue weighted by molar-refractivity contribution is 7.26. The van der Waals surface area contributed by atoms with Gasteiger partial charge in [0.05, 0.1) is 11.0 Å². The average Bonchev–Trinajstić information content (AvgIpc) is 3.92. The number of aromatic nitrogens is 4. The Kier molecular flexibility index (Phi) is 9.50. The van der Waals surface area contributed by atoms with Gasteiger partial charge in [-0.3, -0.25) is 0 Å². The predicted octanol–water partition coefficient (Wildman–Crippen LogP) is 16.1. The number of nitrogens with zero attached hydrogens (tertiary/aromatic N) is 4. The van der Waals surface area contributed by atoms with E-state index in [0.717, 1.165) is 16.7 Å². The summed E-state index contributed by atoms with van der Waals surface area (Å²) in [5.41, 5.74) is 15.3. The first kappa shape index (κ1) is 38.7. The van der Waals surface area contributed by atoms with Crippen molar-refractivity contribution in [2.24, 2.45) is 0 Å². The number of para-hydroxylation sites is 2. The average molecular weight is 851 g/mol. The van der Waals surface area contributed by atoms with Gasteiger partial charge in [0.25, 0.3) is 0 Å². The number of aryl methyl sites for hydroxylation is 1. The van der Waals surface area contributed by atoms with Crippen LogP contribution in [0.1, 0.15) is 29.5 Å². The molecule has 4 nitrogen and oxygen atoms in total. The van der Waals surface area contributed by atoms with E-state index in [4.69, 9.17) is 15.0 Å². The maximum atomic E-state index is 5.10. The van der Waals surface area contributed by atoms with Crippen molar-refractivity contribution in [1.29, 1.82) is 0 Å². The minimum absolute atomic E-state index is 0.141. The number of hydrogen-bond donors (Lipinski definition) is 0. The summed E-state index contributed by atoms with van der Waals surface area (Å²) in [5, 5.41) is 4.96. The minimum atomic E-state index is 0.141. The lowest BCUT2D eigenvalue weighted by Crippen LogP contribution is -2.00. The van der Waals surface area contributed by atoms with Crippen molar-refractivity contribution in [2.75, 3.05) is 0 Å². The summed E-state index contributed by atoms with van der Waals surface area (Å²) in [6, 6.07) is 76.1. The van der Waals surface area contributed by atoms with E-state index in [-0.39, 0.29) is 5.92 Å². The molecule has 1 atom stereocenters. The van der Waals surface area contributed by atoms with Gasteiger partial charge in [0.1, 0.15) is 0 Å². The Morgan fingerprint density at radius 1 is 0.415 bits per heavy atom. The number of benzene rings is 9. The third kappa shape index (κ3) is 6.80. The third-order valence-electron chi connectivity index (χ3n) is 12.9. The molecule has 0 unspecified atom stereocenters. The molecule has 3 aromatic heterocycles. The molecule has 0 saturated carbocycles. The molecule has 12 rings (SSSR count). The zero-order valence-electron chi connectivity index (χ0n) is 36.0. The largest absolute Gasteiger partial charge is 0.309 e. The SMILES string of the molecule is Cc1ccc(-c2ccc3c(c2)c2ccccc2n3-c2ccccc2)cc1-c1ccccc1[C@H](C)c1ccc2sc3c(-c4nc(-c5ccccc5)nc(-c5ccccc5)n4)cccc3c2c1. The van der Waals surface area contributed by atoms with E-state index in [1.54, 1.807) is 11.3 Å². The predicted molar refractivity (Wildman–Crippen MR) is 273 cm³/mol. The number of rotatable bonds is 8. The molecule has 0 fully saturated rings. The summed E-state index contributed by atoms with van der Waals surface area (Å²) in [6.45, 7) is 4.58. The molecular weight excluding hydrogens is 809 g/mol. The Hall–Kier alpha value is -7.99. The third-order valence-corrected chi connectivity index (χ3v) is 14.2. The number of fused-ring (bicyclic) bond motifs is 6. The molecule has 0 aliphatic rings. The van der Waals surface area contributed by atoms with Gasteiger partial charge in [0, 0.05) is 59.2 Å². The van der Waals surface area contributed by atoms with Gasteiger partial charge in [0.15, 0.2) is 17.5 Å². The fourth-order valence-corrected chi connectivity index (χ4v) is 10.8. The molecule has 0 radical (unpaired) electrons. The van der Waals surface area contributed by atoms with Crippen LogP contribution in [-0.4, -0.2) is 19.5 Å². The van der Waals surface area contributed by atoms with Gasteiger partial charge in [-0.05, 0) is 100 Å². The highest BCUT2D eigenvalue weighted by atomic mass is 32.1. The van der Waals surface area contributed by atoms with E-state index in [0.29, 0.717) is 17.5 Å². The lowest BCUT2D eigenvalue weighted by Gasteiger charge is -2.19. The Labute approximate surface area is 381 Å². The van der Waals surface area contributed by atoms with Gasteiger partial charge in [-0.25, -0.2) is 15.0 Å². The first-order chi connectivity index (χ1) is 32.1. The summed E-state index contributed by atoms with van der Waals surface area (Å²) >= 11 is 1.80. The maximum absolute atomic E-state index is 5.10. The molecule has 0 bridgehead atoms. The highest BCUT2D eigenvalue weighted by Crippen LogP contribution is 2.43. The fourth-order valence-electron chi connectivity index (χ4n) is 9.59. The van der Waals surface area contributed by atoms with Gasteiger partial charge in [-0.1, -0.05) is 165 Å². The minimum Gasteiger partial charge on any atom is -0.309 e. The van der Waals surface area contributed by atoms with Crippen molar-refractivity contribution in [2.45, 2.75) is 19.8 Å². The van der Waals surface area contributed by atoms with Crippen molar-refractivity contribution in [1.82, 2.24) is 19.5 Å². The van der Waals surface area contributed by atoms with Gasteiger partial charge in [0.2, 0.25) is 0 Å². The van der Waals surface area contributed by atoms with E-state index in [1.807, 2.05) is 36.4 Å². The summed E-state index contributed by atoms with van der Waals surface area (Å²) < 4.78 is 4.79. The lowest BCUT2D eigenvalue weighted by atomic mass is 9.85. The van der Waals surface area contributed by atoms with Gasteiger partial charge in [-0.15, -0.1) is 11.3 Å². The monoisotopic (exact) mass is 850 g/mol. The van der Waals surface area contributed by atoms with E-state index in [1.165, 1.54) is 86.6 Å². The van der Waals surface area contributed by atoms with Crippen LogP contribution in [0.2, 0.25) is 0 Å². The van der Waals surface area contributed by atoms with Crippen LogP contribution in [0.3, 0.4) is 0 Å². The fraction of sp³-hybridized carbons (Fsp3) is 0.0500. The molecule has 3 heterocycles. The molecule has 0 aliphatic carbocycles. The number of thiophene rings is 1. The van der Waals surface area contributed by atoms with Crippen molar-refractivity contribution in [3.63, 3.8) is 0 Å². The van der Waals surface area contributed by atoms with E-state index < -0.39 is 0 Å². The Bertz CT molecular complexity index is 3680. The normalized spacial score (nSPS) is 12.1. The molecule has 65 heavy (non-hydrogen) atoms. The van der Waals surface area contributed by atoms with Crippen LogP contribution in [0.5, 0.6) is 0 Å². The molecule has 0 N–H and O–H groups in total. The highest BCUT2D eigenvalue weighted by Gasteiger charge is 2.21. The van der Waals surface area contributed by atoms with Crippen LogP contribution < -0.4 is 0 Å². The van der Waals surface area contributed by atoms with Gasteiger partial charge < -0.3 is 4.57 Å². The smallest absolute Gasteiger partial charge is 0.165 e. The first-order valence-electron chi connectivity index (χ1n) is 22.2.